The largest absolute Gasteiger partial charge is 0.573 e. The average molecular weight is 284 g/mol. The van der Waals surface area contributed by atoms with E-state index in [1.807, 2.05) is 0 Å². The number of hydrogen-bond donors (Lipinski definition) is 0. The number of rotatable bonds is 4. The molecule has 18 heavy (non-hydrogen) atoms. The molecule has 0 aliphatic rings. The van der Waals surface area contributed by atoms with E-state index in [0.29, 0.717) is 6.07 Å². The number of halogens is 4. The van der Waals surface area contributed by atoms with E-state index in [-0.39, 0.29) is 0 Å². The Morgan fingerprint density at radius 3 is 2.50 bits per heavy atom. The highest BCUT2D eigenvalue weighted by Crippen LogP contribution is 2.28. The van der Waals surface area contributed by atoms with Crippen molar-refractivity contribution in [3.8, 4) is 5.75 Å². The van der Waals surface area contributed by atoms with Crippen molar-refractivity contribution in [3.05, 3.63) is 33.9 Å². The molecule has 0 N–H and O–H groups in total. The van der Waals surface area contributed by atoms with Gasteiger partial charge in [-0.15, -0.1) is 24.8 Å². The molecular weight excluding hydrogens is 279 g/mol. The van der Waals surface area contributed by atoms with Crippen LogP contribution in [0.2, 0.25) is 0 Å². The number of benzene rings is 1. The number of carbonyl (C=O) groups is 1. The second-order valence-corrected chi connectivity index (χ2v) is 3.31. The van der Waals surface area contributed by atoms with Crippen LogP contribution in [0.4, 0.5) is 18.9 Å². The zero-order valence-electron chi connectivity index (χ0n) is 8.53. The molecule has 0 saturated heterocycles. The number of alkyl halides is 4. The van der Waals surface area contributed by atoms with Crippen molar-refractivity contribution in [2.75, 3.05) is 5.88 Å². The van der Waals surface area contributed by atoms with E-state index in [1.165, 1.54) is 0 Å². The fraction of sp³-hybridized carbons (Fsp3) is 0.222. The van der Waals surface area contributed by atoms with Gasteiger partial charge in [-0.2, -0.15) is 0 Å². The van der Waals surface area contributed by atoms with Crippen molar-refractivity contribution >= 4 is 23.1 Å². The van der Waals surface area contributed by atoms with Crippen molar-refractivity contribution in [3.63, 3.8) is 0 Å². The molecule has 0 saturated carbocycles. The first-order chi connectivity index (χ1) is 8.24. The third-order valence-electron chi connectivity index (χ3n) is 1.82. The predicted octanol–water partition coefficient (Wildman–Crippen LogP) is 2.91. The first-order valence-corrected chi connectivity index (χ1v) is 4.91. The van der Waals surface area contributed by atoms with Crippen molar-refractivity contribution in [1.82, 2.24) is 0 Å². The van der Waals surface area contributed by atoms with Gasteiger partial charge in [0.2, 0.25) is 0 Å². The van der Waals surface area contributed by atoms with Crippen LogP contribution in [-0.2, 0) is 0 Å². The zero-order chi connectivity index (χ0) is 13.9. The van der Waals surface area contributed by atoms with Gasteiger partial charge in [-0.05, 0) is 12.1 Å². The summed E-state index contributed by atoms with van der Waals surface area (Å²) >= 11 is 5.21. The second-order valence-electron chi connectivity index (χ2n) is 3.04. The van der Waals surface area contributed by atoms with Gasteiger partial charge in [0, 0.05) is 6.07 Å². The standard InChI is InChI=1S/C9H5ClF3NO4/c10-4-8(15)6-3-5(18-9(11,12)13)1-2-7(6)14(16)17/h1-3H,4H2. The molecule has 0 unspecified atom stereocenters. The quantitative estimate of drug-likeness (QED) is 0.369. The minimum atomic E-state index is -4.95. The Bertz CT molecular complexity index is 489. The molecule has 0 amide bonds. The molecule has 0 aliphatic heterocycles. The summed E-state index contributed by atoms with van der Waals surface area (Å²) in [5.41, 5.74) is -1.16. The Morgan fingerprint density at radius 2 is 2.06 bits per heavy atom. The van der Waals surface area contributed by atoms with Crippen molar-refractivity contribution in [2.24, 2.45) is 0 Å². The Hall–Kier alpha value is -1.83. The summed E-state index contributed by atoms with van der Waals surface area (Å²) in [7, 11) is 0. The molecule has 5 nitrogen and oxygen atoms in total. The highest BCUT2D eigenvalue weighted by Gasteiger charge is 2.32. The van der Waals surface area contributed by atoms with Gasteiger partial charge in [0.25, 0.3) is 5.69 Å². The third kappa shape index (κ3) is 3.59. The highest BCUT2D eigenvalue weighted by atomic mass is 35.5. The second kappa shape index (κ2) is 5.21. The smallest absolute Gasteiger partial charge is 0.406 e. The minimum Gasteiger partial charge on any atom is -0.406 e. The topological polar surface area (TPSA) is 69.4 Å². The van der Waals surface area contributed by atoms with Gasteiger partial charge in [0.15, 0.2) is 5.78 Å². The number of nitro benzene ring substituents is 1. The molecule has 1 rings (SSSR count). The summed E-state index contributed by atoms with van der Waals surface area (Å²) in [6, 6.07) is 2.13. The molecule has 1 aromatic rings. The zero-order valence-corrected chi connectivity index (χ0v) is 9.29. The van der Waals surface area contributed by atoms with Gasteiger partial charge in [0.05, 0.1) is 10.8 Å². The Balaban J connectivity index is 3.21. The SMILES string of the molecule is O=C(CCl)c1cc(OC(F)(F)F)ccc1[N+](=O)[O-]. The third-order valence-corrected chi connectivity index (χ3v) is 2.06. The van der Waals surface area contributed by atoms with E-state index in [1.54, 1.807) is 0 Å². The lowest BCUT2D eigenvalue weighted by Gasteiger charge is -2.09. The van der Waals surface area contributed by atoms with Gasteiger partial charge in [-0.25, -0.2) is 0 Å². The Morgan fingerprint density at radius 1 is 1.44 bits per heavy atom. The molecule has 0 aliphatic carbocycles. The lowest BCUT2D eigenvalue weighted by Crippen LogP contribution is -2.17. The molecule has 1 aromatic carbocycles. The van der Waals surface area contributed by atoms with Gasteiger partial charge in [0.1, 0.15) is 11.3 Å². The monoisotopic (exact) mass is 283 g/mol. The maximum absolute atomic E-state index is 11.9. The molecule has 0 fully saturated rings. The van der Waals surface area contributed by atoms with E-state index in [2.05, 4.69) is 4.74 Å². The molecule has 0 atom stereocenters. The van der Waals surface area contributed by atoms with Crippen molar-refractivity contribution in [2.45, 2.75) is 6.36 Å². The maximum atomic E-state index is 11.9. The first-order valence-electron chi connectivity index (χ1n) is 4.38. The van der Waals surface area contributed by atoms with Crippen LogP contribution in [-0.4, -0.2) is 22.9 Å². The molecule has 0 spiro atoms. The van der Waals surface area contributed by atoms with Crippen LogP contribution in [0, 0.1) is 10.1 Å². The number of nitrogens with zero attached hydrogens (tertiary/aromatic N) is 1. The number of ketones is 1. The molecule has 0 aromatic heterocycles. The number of ether oxygens (including phenoxy) is 1. The van der Waals surface area contributed by atoms with E-state index in [0.717, 1.165) is 12.1 Å². The van der Waals surface area contributed by atoms with Crippen LogP contribution in [0.5, 0.6) is 5.75 Å². The van der Waals surface area contributed by atoms with Crippen LogP contribution >= 0.6 is 11.6 Å². The number of hydrogen-bond acceptors (Lipinski definition) is 4. The predicted molar refractivity (Wildman–Crippen MR) is 54.8 cm³/mol. The molecule has 9 heteroatoms. The van der Waals surface area contributed by atoms with E-state index < -0.39 is 39.9 Å². The van der Waals surface area contributed by atoms with Gasteiger partial charge < -0.3 is 4.74 Å². The number of Topliss-reactive ketones (excluding diaryl/α,β-unsaturated/α-hetero) is 1. The lowest BCUT2D eigenvalue weighted by atomic mass is 10.1. The van der Waals surface area contributed by atoms with Gasteiger partial charge in [-0.3, -0.25) is 14.9 Å². The van der Waals surface area contributed by atoms with Crippen LogP contribution in [0.1, 0.15) is 10.4 Å². The fourth-order valence-electron chi connectivity index (χ4n) is 1.17. The number of carbonyl (C=O) groups excluding carboxylic acids is 1. The van der Waals surface area contributed by atoms with Crippen LogP contribution in [0.15, 0.2) is 18.2 Å². The molecule has 0 bridgehead atoms. The summed E-state index contributed by atoms with van der Waals surface area (Å²) < 4.78 is 39.4. The minimum absolute atomic E-state index is 0.531. The van der Waals surface area contributed by atoms with Crippen LogP contribution in [0.3, 0.4) is 0 Å². The van der Waals surface area contributed by atoms with Gasteiger partial charge in [-0.1, -0.05) is 0 Å². The summed E-state index contributed by atoms with van der Waals surface area (Å²) in [6.45, 7) is 0. The Kier molecular flexibility index (Phi) is 4.12. The molecule has 0 radical (unpaired) electrons. The van der Waals surface area contributed by atoms with Gasteiger partial charge >= 0.3 is 6.36 Å². The van der Waals surface area contributed by atoms with E-state index in [9.17, 15) is 28.1 Å². The molecule has 0 heterocycles. The molecular formula is C9H5ClF3NO4. The van der Waals surface area contributed by atoms with Crippen LogP contribution < -0.4 is 4.74 Å². The summed E-state index contributed by atoms with van der Waals surface area (Å²) in [4.78, 5) is 21.0. The summed E-state index contributed by atoms with van der Waals surface area (Å²) in [6.07, 6.45) is -4.95. The lowest BCUT2D eigenvalue weighted by molar-refractivity contribution is -0.385. The molecule has 98 valence electrons. The van der Waals surface area contributed by atoms with Crippen LogP contribution in [0.25, 0.3) is 0 Å². The summed E-state index contributed by atoms with van der Waals surface area (Å²) in [5, 5.41) is 10.6. The highest BCUT2D eigenvalue weighted by molar-refractivity contribution is 6.31. The maximum Gasteiger partial charge on any atom is 0.573 e. The average Bonchev–Trinajstić information content (AvgIpc) is 2.25. The first kappa shape index (κ1) is 14.2. The normalized spacial score (nSPS) is 11.1. The fourth-order valence-corrected chi connectivity index (χ4v) is 1.31. The van der Waals surface area contributed by atoms with Crippen molar-refractivity contribution in [1.29, 1.82) is 0 Å². The number of nitro groups is 1. The summed E-state index contributed by atoms with van der Waals surface area (Å²) in [5.74, 6) is -2.17. The van der Waals surface area contributed by atoms with E-state index in [4.69, 9.17) is 11.6 Å². The van der Waals surface area contributed by atoms with Crippen molar-refractivity contribution < 1.29 is 27.6 Å². The van der Waals surface area contributed by atoms with E-state index >= 15 is 0 Å². The Labute approximate surface area is 103 Å².